The molecular formula is C25H25Cl2FN6O3. The number of hydrogen-bond acceptors (Lipinski definition) is 8. The lowest BCUT2D eigenvalue weighted by molar-refractivity contribution is 0.0302. The summed E-state index contributed by atoms with van der Waals surface area (Å²) in [7, 11) is 1.54. The fourth-order valence-electron chi connectivity index (χ4n) is 4.32. The van der Waals surface area contributed by atoms with E-state index in [1.165, 1.54) is 12.1 Å². The van der Waals surface area contributed by atoms with Crippen LogP contribution in [-0.2, 0) is 11.3 Å². The number of halogens is 3. The van der Waals surface area contributed by atoms with Gasteiger partial charge in [-0.25, -0.2) is 4.39 Å². The minimum atomic E-state index is -0.519. The summed E-state index contributed by atoms with van der Waals surface area (Å²) >= 11 is 12.5. The molecule has 1 aromatic heterocycles. The van der Waals surface area contributed by atoms with E-state index in [9.17, 15) is 9.18 Å². The van der Waals surface area contributed by atoms with Crippen molar-refractivity contribution in [2.75, 3.05) is 62.0 Å². The third-order valence-electron chi connectivity index (χ3n) is 6.29. The Morgan fingerprint density at radius 2 is 1.97 bits per heavy atom. The zero-order valence-corrected chi connectivity index (χ0v) is 21.6. The standard InChI is InChI=1S/C25H25Cl2FN6O3/c1-36-21-12-15(25(35)33-8-10-37-11-9-33)2-5-19(21)30-22-13-20-24(32-31-22)29-6-7-34(20)14-16-17(26)3-4-18(28)23(16)27/h2-5,12-13H,6-11,14H2,1H3,(H,29,32)(H,30,31). The largest absolute Gasteiger partial charge is 0.495 e. The molecule has 0 aliphatic carbocycles. The van der Waals surface area contributed by atoms with Crippen molar-refractivity contribution < 1.29 is 18.7 Å². The fraction of sp³-hybridized carbons (Fsp3) is 0.320. The summed E-state index contributed by atoms with van der Waals surface area (Å²) in [5, 5.41) is 15.4. The third kappa shape index (κ3) is 5.36. The Balaban J connectivity index is 1.38. The zero-order chi connectivity index (χ0) is 25.9. The number of nitrogens with one attached hydrogen (secondary N) is 2. The van der Waals surface area contributed by atoms with Crippen molar-refractivity contribution >= 4 is 52.1 Å². The van der Waals surface area contributed by atoms with Crippen LogP contribution in [0, 0.1) is 5.82 Å². The number of ether oxygens (including phenoxy) is 2. The molecule has 0 bridgehead atoms. The SMILES string of the molecule is COc1cc(C(=O)N2CCOCC2)ccc1Nc1cc2c(nn1)NCCN2Cc1c(Cl)ccc(F)c1Cl. The van der Waals surface area contributed by atoms with Crippen molar-refractivity contribution in [3.63, 3.8) is 0 Å². The van der Waals surface area contributed by atoms with Crippen LogP contribution < -0.4 is 20.3 Å². The van der Waals surface area contributed by atoms with Crippen molar-refractivity contribution in [2.24, 2.45) is 0 Å². The molecule has 12 heteroatoms. The first-order chi connectivity index (χ1) is 17.9. The van der Waals surface area contributed by atoms with Gasteiger partial charge in [-0.1, -0.05) is 23.2 Å². The second kappa shape index (κ2) is 11.0. The van der Waals surface area contributed by atoms with Crippen molar-refractivity contribution in [2.45, 2.75) is 6.54 Å². The second-order valence-electron chi connectivity index (χ2n) is 8.58. The number of hydrogen-bond donors (Lipinski definition) is 2. The number of nitrogens with zero attached hydrogens (tertiary/aromatic N) is 4. The topological polar surface area (TPSA) is 91.8 Å². The molecule has 2 aromatic carbocycles. The lowest BCUT2D eigenvalue weighted by Gasteiger charge is -2.31. The average molecular weight is 547 g/mol. The molecule has 2 aliphatic heterocycles. The normalized spacial score (nSPS) is 15.1. The summed E-state index contributed by atoms with van der Waals surface area (Å²) in [5.41, 5.74) is 2.42. The monoisotopic (exact) mass is 546 g/mol. The molecule has 9 nitrogen and oxygen atoms in total. The smallest absolute Gasteiger partial charge is 0.254 e. The Morgan fingerprint density at radius 1 is 1.16 bits per heavy atom. The van der Waals surface area contributed by atoms with Crippen LogP contribution in [0.25, 0.3) is 0 Å². The first-order valence-electron chi connectivity index (χ1n) is 11.8. The van der Waals surface area contributed by atoms with Gasteiger partial charge in [0.15, 0.2) is 11.6 Å². The predicted octanol–water partition coefficient (Wildman–Crippen LogP) is 4.58. The first-order valence-corrected chi connectivity index (χ1v) is 12.5. The summed E-state index contributed by atoms with van der Waals surface area (Å²) in [6, 6.07) is 9.81. The highest BCUT2D eigenvalue weighted by Gasteiger charge is 2.23. The van der Waals surface area contributed by atoms with Crippen molar-refractivity contribution in [1.29, 1.82) is 0 Å². The predicted molar refractivity (Wildman–Crippen MR) is 141 cm³/mol. The molecule has 194 valence electrons. The Bertz CT molecular complexity index is 1320. The Kier molecular flexibility index (Phi) is 7.50. The quantitative estimate of drug-likeness (QED) is 0.434. The number of anilines is 4. The van der Waals surface area contributed by atoms with Gasteiger partial charge in [-0.2, -0.15) is 0 Å². The van der Waals surface area contributed by atoms with E-state index in [0.29, 0.717) is 85.2 Å². The van der Waals surface area contributed by atoms with Gasteiger partial charge in [-0.3, -0.25) is 4.79 Å². The number of methoxy groups -OCH3 is 1. The maximum atomic E-state index is 14.1. The van der Waals surface area contributed by atoms with E-state index in [2.05, 4.69) is 20.8 Å². The molecule has 3 aromatic rings. The van der Waals surface area contributed by atoms with E-state index >= 15 is 0 Å². The molecule has 1 fully saturated rings. The number of benzene rings is 2. The number of carbonyl (C=O) groups excluding carboxylic acids is 1. The highest BCUT2D eigenvalue weighted by atomic mass is 35.5. The third-order valence-corrected chi connectivity index (χ3v) is 7.05. The number of rotatable bonds is 6. The van der Waals surface area contributed by atoms with Crippen LogP contribution in [-0.4, -0.2) is 67.5 Å². The summed E-state index contributed by atoms with van der Waals surface area (Å²) in [4.78, 5) is 16.6. The molecule has 0 radical (unpaired) electrons. The molecular weight excluding hydrogens is 522 g/mol. The molecule has 0 atom stereocenters. The fourth-order valence-corrected chi connectivity index (χ4v) is 4.81. The molecule has 1 saturated heterocycles. The minimum Gasteiger partial charge on any atom is -0.495 e. The van der Waals surface area contributed by atoms with Crippen LogP contribution in [0.4, 0.5) is 27.4 Å². The van der Waals surface area contributed by atoms with Crippen LogP contribution in [0.3, 0.4) is 0 Å². The zero-order valence-electron chi connectivity index (χ0n) is 20.1. The highest BCUT2D eigenvalue weighted by molar-refractivity contribution is 6.36. The molecule has 2 N–H and O–H groups in total. The van der Waals surface area contributed by atoms with Crippen molar-refractivity contribution in [3.8, 4) is 5.75 Å². The van der Waals surface area contributed by atoms with Gasteiger partial charge < -0.3 is 29.9 Å². The molecule has 0 unspecified atom stereocenters. The van der Waals surface area contributed by atoms with E-state index in [1.807, 2.05) is 11.0 Å². The summed E-state index contributed by atoms with van der Waals surface area (Å²) < 4.78 is 25.0. The molecule has 37 heavy (non-hydrogen) atoms. The van der Waals surface area contributed by atoms with Gasteiger partial charge >= 0.3 is 0 Å². The van der Waals surface area contributed by atoms with Gasteiger partial charge in [0.05, 0.1) is 36.7 Å². The van der Waals surface area contributed by atoms with Gasteiger partial charge in [-0.15, -0.1) is 10.2 Å². The van der Waals surface area contributed by atoms with Gasteiger partial charge in [0.1, 0.15) is 11.6 Å². The van der Waals surface area contributed by atoms with E-state index in [1.54, 1.807) is 30.2 Å². The summed E-state index contributed by atoms with van der Waals surface area (Å²) in [6.45, 7) is 3.74. The molecule has 5 rings (SSSR count). The molecule has 1 amide bonds. The summed E-state index contributed by atoms with van der Waals surface area (Å²) in [6.07, 6.45) is 0. The van der Waals surface area contributed by atoms with Crippen LogP contribution in [0.5, 0.6) is 5.75 Å². The average Bonchev–Trinajstić information content (AvgIpc) is 2.93. The van der Waals surface area contributed by atoms with Crippen LogP contribution in [0.15, 0.2) is 36.4 Å². The van der Waals surface area contributed by atoms with E-state index in [-0.39, 0.29) is 10.9 Å². The van der Waals surface area contributed by atoms with Gasteiger partial charge in [0.2, 0.25) is 0 Å². The van der Waals surface area contributed by atoms with Crippen LogP contribution >= 0.6 is 23.2 Å². The van der Waals surface area contributed by atoms with E-state index in [4.69, 9.17) is 32.7 Å². The minimum absolute atomic E-state index is 0.00407. The maximum Gasteiger partial charge on any atom is 0.254 e. The molecule has 0 spiro atoms. The van der Waals surface area contributed by atoms with Gasteiger partial charge in [0, 0.05) is 54.9 Å². The van der Waals surface area contributed by atoms with Crippen LogP contribution in [0.2, 0.25) is 10.0 Å². The van der Waals surface area contributed by atoms with Gasteiger partial charge in [0.25, 0.3) is 5.91 Å². The van der Waals surface area contributed by atoms with Crippen LogP contribution in [0.1, 0.15) is 15.9 Å². The number of aromatic nitrogens is 2. The highest BCUT2D eigenvalue weighted by Crippen LogP contribution is 2.35. The number of carbonyl (C=O) groups is 1. The number of morpholine rings is 1. The second-order valence-corrected chi connectivity index (χ2v) is 9.36. The molecule has 0 saturated carbocycles. The lowest BCUT2D eigenvalue weighted by atomic mass is 10.1. The maximum absolute atomic E-state index is 14.1. The van der Waals surface area contributed by atoms with Crippen molar-refractivity contribution in [1.82, 2.24) is 15.1 Å². The van der Waals surface area contributed by atoms with Gasteiger partial charge in [-0.05, 0) is 30.3 Å². The number of amides is 1. The lowest BCUT2D eigenvalue weighted by Crippen LogP contribution is -2.40. The number of fused-ring (bicyclic) bond motifs is 1. The Morgan fingerprint density at radius 3 is 2.76 bits per heavy atom. The Hall–Kier alpha value is -3.34. The molecule has 3 heterocycles. The van der Waals surface area contributed by atoms with E-state index in [0.717, 1.165) is 5.69 Å². The van der Waals surface area contributed by atoms with Crippen molar-refractivity contribution in [3.05, 3.63) is 63.4 Å². The summed E-state index contributed by atoms with van der Waals surface area (Å²) in [5.74, 6) is 0.965. The molecule has 2 aliphatic rings. The first kappa shape index (κ1) is 25.3. The Labute approximate surface area is 223 Å². The van der Waals surface area contributed by atoms with E-state index < -0.39 is 5.82 Å².